The lowest BCUT2D eigenvalue weighted by Gasteiger charge is -2.26. The van der Waals surface area contributed by atoms with Crippen LogP contribution in [0.2, 0.25) is 0 Å². The first-order valence-electron chi connectivity index (χ1n) is 8.16. The Labute approximate surface area is 147 Å². The summed E-state index contributed by atoms with van der Waals surface area (Å²) < 4.78 is 0. The zero-order valence-electron chi connectivity index (χ0n) is 14.9. The lowest BCUT2D eigenvalue weighted by Crippen LogP contribution is -2.44. The van der Waals surface area contributed by atoms with Crippen molar-refractivity contribution in [1.29, 1.82) is 0 Å². The second kappa shape index (κ2) is 7.42. The Morgan fingerprint density at radius 1 is 1.24 bits per heavy atom. The van der Waals surface area contributed by atoms with E-state index in [2.05, 4.69) is 15.3 Å². The third kappa shape index (κ3) is 4.02. The van der Waals surface area contributed by atoms with E-state index >= 15 is 0 Å². The van der Waals surface area contributed by atoms with Crippen LogP contribution in [0.25, 0.3) is 0 Å². The summed E-state index contributed by atoms with van der Waals surface area (Å²) in [5.41, 5.74) is 0.440. The molecule has 6 nitrogen and oxygen atoms in total. The van der Waals surface area contributed by atoms with E-state index in [4.69, 9.17) is 0 Å². The van der Waals surface area contributed by atoms with E-state index in [1.165, 1.54) is 6.20 Å². The van der Waals surface area contributed by atoms with Gasteiger partial charge in [-0.2, -0.15) is 0 Å². The van der Waals surface area contributed by atoms with Crippen LogP contribution in [0, 0.1) is 6.92 Å². The first-order chi connectivity index (χ1) is 11.8. The van der Waals surface area contributed by atoms with Gasteiger partial charge < -0.3 is 10.4 Å². The number of amides is 1. The highest BCUT2D eigenvalue weighted by Crippen LogP contribution is 2.24. The second-order valence-electron chi connectivity index (χ2n) is 6.56. The molecule has 1 aromatic carbocycles. The van der Waals surface area contributed by atoms with Gasteiger partial charge in [0.15, 0.2) is 0 Å². The molecule has 1 heterocycles. The van der Waals surface area contributed by atoms with Gasteiger partial charge in [-0.25, -0.2) is 9.97 Å². The highest BCUT2D eigenvalue weighted by molar-refractivity contribution is 5.95. The van der Waals surface area contributed by atoms with Crippen molar-refractivity contribution >= 4 is 11.9 Å². The number of aliphatic carboxylic acids is 1. The maximum absolute atomic E-state index is 12.6. The summed E-state index contributed by atoms with van der Waals surface area (Å²) in [5, 5.41) is 12.4. The first kappa shape index (κ1) is 18.6. The van der Waals surface area contributed by atoms with Gasteiger partial charge >= 0.3 is 5.97 Å². The minimum absolute atomic E-state index is 0.0312. The van der Waals surface area contributed by atoms with Gasteiger partial charge in [-0.05, 0) is 25.3 Å². The maximum Gasteiger partial charge on any atom is 0.315 e. The van der Waals surface area contributed by atoms with E-state index in [1.54, 1.807) is 38.1 Å². The number of aryl methyl sites for hydroxylation is 1. The number of rotatable bonds is 6. The van der Waals surface area contributed by atoms with E-state index in [-0.39, 0.29) is 18.4 Å². The number of aromatic nitrogens is 2. The topological polar surface area (TPSA) is 92.2 Å². The van der Waals surface area contributed by atoms with Crippen molar-refractivity contribution in [1.82, 2.24) is 15.3 Å². The molecule has 0 aliphatic heterocycles. The fraction of sp³-hybridized carbons (Fsp3) is 0.368. The molecule has 0 fully saturated rings. The number of benzene rings is 1. The normalized spacial score (nSPS) is 13.3. The minimum Gasteiger partial charge on any atom is -0.481 e. The summed E-state index contributed by atoms with van der Waals surface area (Å²) in [6.45, 7) is 7.23. The number of carbonyl (C=O) groups excluding carboxylic acids is 1. The largest absolute Gasteiger partial charge is 0.481 e. The van der Waals surface area contributed by atoms with Crippen molar-refractivity contribution < 1.29 is 14.7 Å². The Hall–Kier alpha value is -2.76. The van der Waals surface area contributed by atoms with Gasteiger partial charge in [0.1, 0.15) is 11.2 Å². The Kier molecular flexibility index (Phi) is 5.51. The molecule has 2 rings (SSSR count). The first-order valence-corrected chi connectivity index (χ1v) is 8.16. The summed E-state index contributed by atoms with van der Waals surface area (Å²) in [6, 6.07) is 8.87. The van der Waals surface area contributed by atoms with Gasteiger partial charge in [-0.1, -0.05) is 44.2 Å². The average Bonchev–Trinajstić information content (AvgIpc) is 2.59. The summed E-state index contributed by atoms with van der Waals surface area (Å²) >= 11 is 0. The van der Waals surface area contributed by atoms with Crippen molar-refractivity contribution in [2.24, 2.45) is 0 Å². The van der Waals surface area contributed by atoms with Gasteiger partial charge in [-0.15, -0.1) is 0 Å². The molecule has 2 aromatic rings. The predicted molar refractivity (Wildman–Crippen MR) is 94.6 cm³/mol. The summed E-state index contributed by atoms with van der Waals surface area (Å²) in [4.78, 5) is 32.8. The van der Waals surface area contributed by atoms with Crippen LogP contribution < -0.4 is 5.32 Å². The molecule has 0 aliphatic carbocycles. The quantitative estimate of drug-likeness (QED) is 0.843. The van der Waals surface area contributed by atoms with Crippen LogP contribution in [-0.4, -0.2) is 33.5 Å². The summed E-state index contributed by atoms with van der Waals surface area (Å²) in [6.07, 6.45) is 1.49. The van der Waals surface area contributed by atoms with Crippen LogP contribution in [0.3, 0.4) is 0 Å². The molecule has 0 saturated heterocycles. The number of carboxylic acids is 1. The number of hydrogen-bond donors (Lipinski definition) is 2. The highest BCUT2D eigenvalue weighted by Gasteiger charge is 2.35. The molecule has 1 atom stereocenters. The smallest absolute Gasteiger partial charge is 0.315 e. The molecule has 25 heavy (non-hydrogen) atoms. The van der Waals surface area contributed by atoms with E-state index < -0.39 is 11.4 Å². The fourth-order valence-corrected chi connectivity index (χ4v) is 2.56. The lowest BCUT2D eigenvalue weighted by molar-refractivity contribution is -0.142. The van der Waals surface area contributed by atoms with Gasteiger partial charge in [0.25, 0.3) is 5.91 Å². The van der Waals surface area contributed by atoms with Gasteiger partial charge in [-0.3, -0.25) is 9.59 Å². The third-order valence-electron chi connectivity index (χ3n) is 4.22. The molecule has 1 unspecified atom stereocenters. The Balaban J connectivity index is 2.25. The molecular formula is C19H23N3O3. The molecular weight excluding hydrogens is 318 g/mol. The van der Waals surface area contributed by atoms with Crippen LogP contribution >= 0.6 is 0 Å². The SMILES string of the molecule is Cc1ncc(C(=O)NCC(C)(C(=O)O)c2ccccc2)c(C(C)C)n1. The highest BCUT2D eigenvalue weighted by atomic mass is 16.4. The molecule has 1 amide bonds. The molecule has 0 aliphatic rings. The number of hydrogen-bond acceptors (Lipinski definition) is 4. The van der Waals surface area contributed by atoms with E-state index in [0.717, 1.165) is 0 Å². The fourth-order valence-electron chi connectivity index (χ4n) is 2.56. The van der Waals surface area contributed by atoms with Crippen molar-refractivity contribution in [3.8, 4) is 0 Å². The van der Waals surface area contributed by atoms with Gasteiger partial charge in [0, 0.05) is 12.7 Å². The van der Waals surface area contributed by atoms with Crippen LogP contribution in [0.4, 0.5) is 0 Å². The Morgan fingerprint density at radius 2 is 1.88 bits per heavy atom. The number of carboxylic acid groups (broad SMARTS) is 1. The van der Waals surface area contributed by atoms with Crippen LogP contribution in [0.1, 0.15) is 54.1 Å². The molecule has 6 heteroatoms. The summed E-state index contributed by atoms with van der Waals surface area (Å²) in [5.74, 6) is -0.710. The van der Waals surface area contributed by atoms with Crippen LogP contribution in [0.15, 0.2) is 36.5 Å². The second-order valence-corrected chi connectivity index (χ2v) is 6.56. The average molecular weight is 341 g/mol. The Bertz CT molecular complexity index is 775. The molecule has 0 spiro atoms. The number of nitrogens with one attached hydrogen (secondary N) is 1. The molecule has 0 bridgehead atoms. The third-order valence-corrected chi connectivity index (χ3v) is 4.22. The maximum atomic E-state index is 12.6. The zero-order valence-corrected chi connectivity index (χ0v) is 14.9. The van der Waals surface area contributed by atoms with Crippen LogP contribution in [0.5, 0.6) is 0 Å². The predicted octanol–water partition coefficient (Wildman–Crippen LogP) is 2.68. The Morgan fingerprint density at radius 3 is 2.44 bits per heavy atom. The molecule has 1 aromatic heterocycles. The zero-order chi connectivity index (χ0) is 18.6. The minimum atomic E-state index is -1.22. The van der Waals surface area contributed by atoms with E-state index in [9.17, 15) is 14.7 Å². The monoisotopic (exact) mass is 341 g/mol. The number of nitrogens with zero attached hydrogens (tertiary/aromatic N) is 2. The summed E-state index contributed by atoms with van der Waals surface area (Å²) in [7, 11) is 0. The van der Waals surface area contributed by atoms with Crippen molar-refractivity contribution in [2.75, 3.05) is 6.54 Å². The lowest BCUT2D eigenvalue weighted by atomic mass is 9.82. The number of carbonyl (C=O) groups is 2. The van der Waals surface area contributed by atoms with E-state index in [1.807, 2.05) is 19.9 Å². The molecule has 132 valence electrons. The van der Waals surface area contributed by atoms with Crippen molar-refractivity contribution in [3.05, 3.63) is 59.2 Å². The van der Waals surface area contributed by atoms with Gasteiger partial charge in [0.2, 0.25) is 0 Å². The van der Waals surface area contributed by atoms with Crippen molar-refractivity contribution in [2.45, 2.75) is 39.0 Å². The standard InChI is InChI=1S/C19H23N3O3/c1-12(2)16-15(10-20-13(3)22-16)17(23)21-11-19(4,18(24)25)14-8-6-5-7-9-14/h5-10,12H,11H2,1-4H3,(H,21,23)(H,24,25). The molecule has 2 N–H and O–H groups in total. The van der Waals surface area contributed by atoms with Crippen LogP contribution in [-0.2, 0) is 10.2 Å². The van der Waals surface area contributed by atoms with E-state index in [0.29, 0.717) is 22.6 Å². The molecule has 0 saturated carbocycles. The van der Waals surface area contributed by atoms with Crippen molar-refractivity contribution in [3.63, 3.8) is 0 Å². The van der Waals surface area contributed by atoms with Gasteiger partial charge in [0.05, 0.1) is 11.3 Å². The molecule has 0 radical (unpaired) electrons.